The molecule has 6 nitrogen and oxygen atoms in total. The van der Waals surface area contributed by atoms with E-state index < -0.39 is 5.97 Å². The molecule has 1 heterocycles. The van der Waals surface area contributed by atoms with Crippen LogP contribution in [0.1, 0.15) is 16.3 Å². The number of likely N-dealkylation sites (N-methyl/N-ethyl adjacent to an activating group) is 1. The number of ether oxygens (including phenoxy) is 1. The summed E-state index contributed by atoms with van der Waals surface area (Å²) in [6, 6.07) is 0. The number of hydrogen-bond acceptors (Lipinski definition) is 5. The fourth-order valence-electron chi connectivity index (χ4n) is 1.15. The van der Waals surface area contributed by atoms with E-state index in [9.17, 15) is 4.79 Å². The van der Waals surface area contributed by atoms with Crippen LogP contribution in [0.5, 0.6) is 5.75 Å². The van der Waals surface area contributed by atoms with Gasteiger partial charge in [-0.15, -0.1) is 0 Å². The maximum absolute atomic E-state index is 10.9. The second-order valence-corrected chi connectivity index (χ2v) is 3.56. The molecule has 0 aliphatic rings. The van der Waals surface area contributed by atoms with Gasteiger partial charge < -0.3 is 14.7 Å². The van der Waals surface area contributed by atoms with Crippen LogP contribution in [0.4, 0.5) is 0 Å². The molecule has 0 spiro atoms. The van der Waals surface area contributed by atoms with E-state index in [1.165, 1.54) is 13.3 Å². The number of carboxylic acid groups (broad SMARTS) is 1. The minimum absolute atomic E-state index is 0.0914. The minimum atomic E-state index is -1.11. The Hall–Kier alpha value is -1.69. The lowest BCUT2D eigenvalue weighted by molar-refractivity contribution is 0.0685. The fourth-order valence-corrected chi connectivity index (χ4v) is 1.15. The van der Waals surface area contributed by atoms with Gasteiger partial charge in [0.15, 0.2) is 11.4 Å². The summed E-state index contributed by atoms with van der Waals surface area (Å²) in [4.78, 5) is 20.9. The monoisotopic (exact) mass is 225 g/mol. The molecule has 0 aliphatic heterocycles. The molecule has 0 bridgehead atoms. The van der Waals surface area contributed by atoms with Crippen molar-refractivity contribution in [2.45, 2.75) is 6.42 Å². The molecule has 1 aromatic rings. The van der Waals surface area contributed by atoms with Crippen LogP contribution in [0, 0.1) is 0 Å². The average Bonchev–Trinajstić information content (AvgIpc) is 2.25. The quantitative estimate of drug-likeness (QED) is 0.776. The Labute approximate surface area is 93.9 Å². The molecule has 1 N–H and O–H groups in total. The molecule has 1 aromatic heterocycles. The smallest absolute Gasteiger partial charge is 0.358 e. The number of aromatic nitrogens is 2. The molecule has 0 aliphatic carbocycles. The molecule has 0 unspecified atom stereocenters. The van der Waals surface area contributed by atoms with E-state index in [2.05, 4.69) is 9.97 Å². The molecular formula is C10H15N3O3. The van der Waals surface area contributed by atoms with Crippen LogP contribution in [0.2, 0.25) is 0 Å². The highest BCUT2D eigenvalue weighted by atomic mass is 16.5. The number of aromatic carboxylic acids is 1. The minimum Gasteiger partial charge on any atom is -0.493 e. The van der Waals surface area contributed by atoms with E-state index in [0.717, 1.165) is 6.54 Å². The highest BCUT2D eigenvalue weighted by molar-refractivity contribution is 5.88. The summed E-state index contributed by atoms with van der Waals surface area (Å²) in [7, 11) is 5.26. The maximum atomic E-state index is 10.9. The van der Waals surface area contributed by atoms with Gasteiger partial charge in [-0.3, -0.25) is 0 Å². The third kappa shape index (κ3) is 3.16. The second kappa shape index (κ2) is 5.41. The number of nitrogens with zero attached hydrogens (tertiary/aromatic N) is 3. The van der Waals surface area contributed by atoms with Crippen molar-refractivity contribution in [3.05, 3.63) is 17.7 Å². The lowest BCUT2D eigenvalue weighted by atomic mass is 10.3. The SMILES string of the molecule is COc1cnc(CCN(C)C)nc1C(=O)O. The average molecular weight is 225 g/mol. The van der Waals surface area contributed by atoms with Crippen LogP contribution in [0.15, 0.2) is 6.20 Å². The topological polar surface area (TPSA) is 75.5 Å². The van der Waals surface area contributed by atoms with E-state index in [0.29, 0.717) is 12.2 Å². The summed E-state index contributed by atoms with van der Waals surface area (Å²) in [6.07, 6.45) is 2.00. The van der Waals surface area contributed by atoms with E-state index in [1.807, 2.05) is 19.0 Å². The summed E-state index contributed by atoms with van der Waals surface area (Å²) in [5, 5.41) is 8.92. The molecule has 16 heavy (non-hydrogen) atoms. The molecule has 0 fully saturated rings. The lowest BCUT2D eigenvalue weighted by Gasteiger charge is -2.09. The van der Waals surface area contributed by atoms with Crippen molar-refractivity contribution in [2.75, 3.05) is 27.7 Å². The third-order valence-electron chi connectivity index (χ3n) is 2.01. The van der Waals surface area contributed by atoms with Gasteiger partial charge in [-0.1, -0.05) is 0 Å². The zero-order valence-electron chi connectivity index (χ0n) is 9.60. The van der Waals surface area contributed by atoms with Gasteiger partial charge in [0.25, 0.3) is 0 Å². The summed E-state index contributed by atoms with van der Waals surface area (Å²) >= 11 is 0. The van der Waals surface area contributed by atoms with Crippen molar-refractivity contribution in [1.29, 1.82) is 0 Å². The van der Waals surface area contributed by atoms with E-state index in [4.69, 9.17) is 9.84 Å². The molecule has 0 atom stereocenters. The first-order valence-electron chi connectivity index (χ1n) is 4.82. The van der Waals surface area contributed by atoms with Gasteiger partial charge in [0.1, 0.15) is 5.82 Å². The number of carboxylic acids is 1. The summed E-state index contributed by atoms with van der Waals surface area (Å²) in [6.45, 7) is 0.769. The van der Waals surface area contributed by atoms with Gasteiger partial charge in [0, 0.05) is 13.0 Å². The summed E-state index contributed by atoms with van der Waals surface area (Å²) in [5.74, 6) is -0.418. The number of hydrogen-bond donors (Lipinski definition) is 1. The largest absolute Gasteiger partial charge is 0.493 e. The first-order chi connectivity index (χ1) is 7.54. The highest BCUT2D eigenvalue weighted by Gasteiger charge is 2.14. The zero-order chi connectivity index (χ0) is 12.1. The van der Waals surface area contributed by atoms with Crippen LogP contribution >= 0.6 is 0 Å². The van der Waals surface area contributed by atoms with E-state index >= 15 is 0 Å². The Kier molecular flexibility index (Phi) is 4.19. The van der Waals surface area contributed by atoms with Gasteiger partial charge in [-0.05, 0) is 14.1 Å². The summed E-state index contributed by atoms with van der Waals surface area (Å²) in [5.41, 5.74) is -0.0914. The van der Waals surface area contributed by atoms with Crippen LogP contribution in [-0.4, -0.2) is 53.7 Å². The van der Waals surface area contributed by atoms with Crippen LogP contribution in [-0.2, 0) is 6.42 Å². The van der Waals surface area contributed by atoms with Crippen molar-refractivity contribution in [3.63, 3.8) is 0 Å². The van der Waals surface area contributed by atoms with Gasteiger partial charge in [0.2, 0.25) is 0 Å². The van der Waals surface area contributed by atoms with E-state index in [1.54, 1.807) is 0 Å². The molecule has 0 aromatic carbocycles. The normalized spacial score (nSPS) is 10.5. The molecule has 0 amide bonds. The Balaban J connectivity index is 2.89. The van der Waals surface area contributed by atoms with Crippen LogP contribution in [0.25, 0.3) is 0 Å². The lowest BCUT2D eigenvalue weighted by Crippen LogP contribution is -2.17. The Morgan fingerprint density at radius 3 is 2.75 bits per heavy atom. The second-order valence-electron chi connectivity index (χ2n) is 3.56. The Morgan fingerprint density at radius 2 is 2.25 bits per heavy atom. The van der Waals surface area contributed by atoms with Crippen LogP contribution in [0.3, 0.4) is 0 Å². The molecule has 0 saturated carbocycles. The standard InChI is InChI=1S/C10H15N3O3/c1-13(2)5-4-8-11-6-7(16-3)9(12-8)10(14)15/h6H,4-5H2,1-3H3,(H,14,15). The number of carbonyl (C=O) groups is 1. The Morgan fingerprint density at radius 1 is 1.56 bits per heavy atom. The maximum Gasteiger partial charge on any atom is 0.358 e. The van der Waals surface area contributed by atoms with Gasteiger partial charge in [0.05, 0.1) is 13.3 Å². The number of rotatable bonds is 5. The van der Waals surface area contributed by atoms with Crippen LogP contribution < -0.4 is 4.74 Å². The van der Waals surface area contributed by atoms with Crippen molar-refractivity contribution >= 4 is 5.97 Å². The van der Waals surface area contributed by atoms with Crippen molar-refractivity contribution in [3.8, 4) is 5.75 Å². The first-order valence-corrected chi connectivity index (χ1v) is 4.82. The first kappa shape index (κ1) is 12.4. The van der Waals surface area contributed by atoms with Gasteiger partial charge in [-0.25, -0.2) is 14.8 Å². The van der Waals surface area contributed by atoms with Gasteiger partial charge in [-0.2, -0.15) is 0 Å². The molecule has 1 rings (SSSR count). The van der Waals surface area contributed by atoms with Crippen molar-refractivity contribution in [2.24, 2.45) is 0 Å². The fraction of sp³-hybridized carbons (Fsp3) is 0.500. The third-order valence-corrected chi connectivity index (χ3v) is 2.01. The predicted octanol–water partition coefficient (Wildman–Crippen LogP) is 0.288. The highest BCUT2D eigenvalue weighted by Crippen LogP contribution is 2.14. The molecule has 88 valence electrons. The molecular weight excluding hydrogens is 210 g/mol. The van der Waals surface area contributed by atoms with Crippen molar-refractivity contribution in [1.82, 2.24) is 14.9 Å². The Bertz CT molecular complexity index is 380. The predicted molar refractivity (Wildman–Crippen MR) is 57.8 cm³/mol. The zero-order valence-corrected chi connectivity index (χ0v) is 9.60. The molecule has 6 heteroatoms. The molecule has 0 radical (unpaired) electrons. The summed E-state index contributed by atoms with van der Waals surface area (Å²) < 4.78 is 4.87. The molecule has 0 saturated heterocycles. The number of methoxy groups -OCH3 is 1. The van der Waals surface area contributed by atoms with E-state index in [-0.39, 0.29) is 11.4 Å². The van der Waals surface area contributed by atoms with Gasteiger partial charge >= 0.3 is 5.97 Å². The van der Waals surface area contributed by atoms with Crippen molar-refractivity contribution < 1.29 is 14.6 Å².